The average Bonchev–Trinajstić information content (AvgIpc) is 2.86. The maximum atomic E-state index is 11.1. The molecule has 0 aromatic carbocycles. The molecule has 2 aliphatic carbocycles. The van der Waals surface area contributed by atoms with Crippen LogP contribution in [-0.2, 0) is 9.53 Å². The third-order valence-electron chi connectivity index (χ3n) is 7.13. The summed E-state index contributed by atoms with van der Waals surface area (Å²) in [5, 5.41) is 9.15. The molecule has 3 rings (SSSR count). The first-order valence-corrected chi connectivity index (χ1v) is 9.10. The fourth-order valence-electron chi connectivity index (χ4n) is 6.20. The summed E-state index contributed by atoms with van der Waals surface area (Å²) in [5.74, 6) is -0.670. The van der Waals surface area contributed by atoms with E-state index in [1.165, 1.54) is 22.8 Å². The predicted molar refractivity (Wildman–Crippen MR) is 100 cm³/mol. The molecule has 0 radical (unpaired) electrons. The van der Waals surface area contributed by atoms with Crippen molar-refractivity contribution in [2.45, 2.75) is 60.7 Å². The van der Waals surface area contributed by atoms with Gasteiger partial charge >= 0.3 is 5.97 Å². The van der Waals surface area contributed by atoms with E-state index < -0.39 is 5.97 Å². The Morgan fingerprint density at radius 3 is 2.40 bits per heavy atom. The third kappa shape index (κ3) is 2.18. The van der Waals surface area contributed by atoms with Crippen LogP contribution in [0.3, 0.4) is 0 Å². The van der Waals surface area contributed by atoms with Crippen LogP contribution in [0.1, 0.15) is 48.5 Å². The molecule has 0 bridgehead atoms. The monoisotopic (exact) mass is 342 g/mol. The van der Waals surface area contributed by atoms with E-state index in [1.54, 1.807) is 0 Å². The summed E-state index contributed by atoms with van der Waals surface area (Å²) in [5.41, 5.74) is 3.29. The number of carboxylic acids is 1. The smallest absolute Gasteiger partial charge is 0.328 e. The topological polar surface area (TPSA) is 46.5 Å². The van der Waals surface area contributed by atoms with Gasteiger partial charge in [0.05, 0.1) is 12.2 Å². The molecule has 25 heavy (non-hydrogen) atoms. The number of aliphatic carboxylic acids is 1. The SMILES string of the molecule is C/C=C(/C)[C@@H]1O[C@H]2C(C)=C[C@@](C)(/C=C/C(=O)O)[C@H]3C(C)=C[C@]1(C)[C@@]23C. The summed E-state index contributed by atoms with van der Waals surface area (Å²) >= 11 is 0. The van der Waals surface area contributed by atoms with E-state index in [1.807, 2.05) is 6.08 Å². The van der Waals surface area contributed by atoms with Gasteiger partial charge in [-0.15, -0.1) is 0 Å². The normalized spacial score (nSPS) is 46.2. The van der Waals surface area contributed by atoms with Crippen molar-refractivity contribution in [2.24, 2.45) is 22.2 Å². The Kier molecular flexibility index (Phi) is 3.96. The molecule has 1 fully saturated rings. The summed E-state index contributed by atoms with van der Waals surface area (Å²) in [6, 6.07) is 0. The molecule has 0 unspecified atom stereocenters. The van der Waals surface area contributed by atoms with E-state index in [-0.39, 0.29) is 34.4 Å². The van der Waals surface area contributed by atoms with E-state index in [9.17, 15) is 4.79 Å². The minimum Gasteiger partial charge on any atom is -0.478 e. The van der Waals surface area contributed by atoms with Gasteiger partial charge in [-0.1, -0.05) is 50.6 Å². The Morgan fingerprint density at radius 2 is 1.84 bits per heavy atom. The largest absolute Gasteiger partial charge is 0.478 e. The van der Waals surface area contributed by atoms with Crippen molar-refractivity contribution in [1.29, 1.82) is 0 Å². The van der Waals surface area contributed by atoms with Crippen LogP contribution in [-0.4, -0.2) is 23.3 Å². The lowest BCUT2D eigenvalue weighted by Gasteiger charge is -2.52. The van der Waals surface area contributed by atoms with Crippen molar-refractivity contribution in [3.63, 3.8) is 0 Å². The summed E-state index contributed by atoms with van der Waals surface area (Å²) in [4.78, 5) is 11.1. The maximum Gasteiger partial charge on any atom is 0.328 e. The molecule has 0 spiro atoms. The molecule has 0 aromatic rings. The van der Waals surface area contributed by atoms with E-state index in [0.717, 1.165) is 0 Å². The molecule has 1 heterocycles. The number of rotatable bonds is 3. The quantitative estimate of drug-likeness (QED) is 0.585. The van der Waals surface area contributed by atoms with Crippen LogP contribution < -0.4 is 0 Å². The van der Waals surface area contributed by atoms with Gasteiger partial charge in [0, 0.05) is 28.2 Å². The number of ether oxygens (including phenoxy) is 1. The molecular formula is C22H30O3. The van der Waals surface area contributed by atoms with E-state index in [4.69, 9.17) is 9.84 Å². The van der Waals surface area contributed by atoms with Gasteiger partial charge in [0.1, 0.15) is 0 Å². The molecule has 0 aromatic heterocycles. The molecule has 1 aliphatic heterocycles. The van der Waals surface area contributed by atoms with Gasteiger partial charge in [-0.2, -0.15) is 0 Å². The molecule has 3 nitrogen and oxygen atoms in total. The van der Waals surface area contributed by atoms with E-state index in [0.29, 0.717) is 0 Å². The van der Waals surface area contributed by atoms with Gasteiger partial charge in [0.2, 0.25) is 0 Å². The average molecular weight is 342 g/mol. The Labute approximate surface area is 151 Å². The highest BCUT2D eigenvalue weighted by Crippen LogP contribution is 2.71. The van der Waals surface area contributed by atoms with Gasteiger partial charge in [-0.05, 0) is 38.8 Å². The first kappa shape index (κ1) is 18.2. The highest BCUT2D eigenvalue weighted by atomic mass is 16.5. The minimum absolute atomic E-state index is 0.0570. The van der Waals surface area contributed by atoms with Crippen LogP contribution in [0, 0.1) is 22.2 Å². The van der Waals surface area contributed by atoms with Crippen molar-refractivity contribution in [2.75, 3.05) is 0 Å². The predicted octanol–water partition coefficient (Wildman–Crippen LogP) is 4.92. The molecule has 6 atom stereocenters. The number of hydrogen-bond donors (Lipinski definition) is 1. The van der Waals surface area contributed by atoms with Crippen LogP contribution >= 0.6 is 0 Å². The molecule has 0 saturated carbocycles. The third-order valence-corrected chi connectivity index (χ3v) is 7.13. The standard InChI is InChI=1S/C22H30O3/c1-8-13(2)18-21(6)12-14(3)17-20(5,10-9-16(23)24)11-15(4)19(25-18)22(17,21)7/h8-12,17-19H,1-7H3,(H,23,24)/b10-9+,13-8-/t17-,18+,19+,20-,21+,22-/m1/s1. The zero-order valence-corrected chi connectivity index (χ0v) is 16.4. The highest BCUT2D eigenvalue weighted by Gasteiger charge is 2.70. The van der Waals surface area contributed by atoms with Crippen LogP contribution in [0.2, 0.25) is 0 Å². The number of carboxylic acid groups (broad SMARTS) is 1. The van der Waals surface area contributed by atoms with Crippen LogP contribution in [0.4, 0.5) is 0 Å². The van der Waals surface area contributed by atoms with E-state index >= 15 is 0 Å². The summed E-state index contributed by atoms with van der Waals surface area (Å²) < 4.78 is 6.62. The first-order chi connectivity index (χ1) is 11.5. The zero-order valence-electron chi connectivity index (χ0n) is 16.4. The van der Waals surface area contributed by atoms with Gasteiger partial charge in [0.25, 0.3) is 0 Å². The van der Waals surface area contributed by atoms with Crippen molar-refractivity contribution < 1.29 is 14.6 Å². The molecule has 136 valence electrons. The number of allylic oxidation sites excluding steroid dienone is 4. The second-order valence-corrected chi connectivity index (χ2v) is 8.74. The van der Waals surface area contributed by atoms with Crippen molar-refractivity contribution in [3.05, 3.63) is 47.1 Å². The van der Waals surface area contributed by atoms with Gasteiger partial charge in [-0.25, -0.2) is 4.79 Å². The van der Waals surface area contributed by atoms with Crippen LogP contribution in [0.25, 0.3) is 0 Å². The Morgan fingerprint density at radius 1 is 1.20 bits per heavy atom. The second-order valence-electron chi connectivity index (χ2n) is 8.74. The fourth-order valence-corrected chi connectivity index (χ4v) is 6.20. The number of hydrogen-bond acceptors (Lipinski definition) is 2. The molecule has 1 saturated heterocycles. The van der Waals surface area contributed by atoms with Gasteiger partial charge in [0.15, 0.2) is 0 Å². The lowest BCUT2D eigenvalue weighted by Crippen LogP contribution is -2.51. The molecule has 3 aliphatic rings. The summed E-state index contributed by atoms with van der Waals surface area (Å²) in [6.07, 6.45) is 10.0. The number of carbonyl (C=O) groups is 1. The fraction of sp³-hybridized carbons (Fsp3) is 0.591. The second kappa shape index (κ2) is 5.44. The lowest BCUT2D eigenvalue weighted by molar-refractivity contribution is -0.131. The lowest BCUT2D eigenvalue weighted by atomic mass is 9.50. The maximum absolute atomic E-state index is 11.1. The Bertz CT molecular complexity index is 740. The van der Waals surface area contributed by atoms with Crippen molar-refractivity contribution in [3.8, 4) is 0 Å². The highest BCUT2D eigenvalue weighted by molar-refractivity contribution is 5.80. The summed E-state index contributed by atoms with van der Waals surface area (Å²) in [7, 11) is 0. The summed E-state index contributed by atoms with van der Waals surface area (Å²) in [6.45, 7) is 15.3. The molecular weight excluding hydrogens is 312 g/mol. The molecule has 3 heteroatoms. The molecule has 1 N–H and O–H groups in total. The van der Waals surface area contributed by atoms with Crippen molar-refractivity contribution >= 4 is 5.97 Å². The van der Waals surface area contributed by atoms with Crippen LogP contribution in [0.15, 0.2) is 47.1 Å². The first-order valence-electron chi connectivity index (χ1n) is 9.10. The molecule has 0 amide bonds. The van der Waals surface area contributed by atoms with Crippen molar-refractivity contribution in [1.82, 2.24) is 0 Å². The Hall–Kier alpha value is -1.61. The minimum atomic E-state index is -0.896. The van der Waals surface area contributed by atoms with Gasteiger partial charge < -0.3 is 9.84 Å². The Balaban J connectivity index is 2.21. The van der Waals surface area contributed by atoms with Crippen LogP contribution in [0.5, 0.6) is 0 Å². The van der Waals surface area contributed by atoms with Gasteiger partial charge in [-0.3, -0.25) is 0 Å². The van der Waals surface area contributed by atoms with E-state index in [2.05, 4.69) is 66.7 Å². The zero-order chi connectivity index (χ0) is 18.8.